The molecule has 0 saturated heterocycles. The van der Waals surface area contributed by atoms with Gasteiger partial charge in [0.1, 0.15) is 0 Å². The summed E-state index contributed by atoms with van der Waals surface area (Å²) in [6.07, 6.45) is -0.206. The summed E-state index contributed by atoms with van der Waals surface area (Å²) in [5, 5.41) is 0. The van der Waals surface area contributed by atoms with Crippen LogP contribution in [0, 0.1) is 0 Å². The standard InChI is InChI=1S/C22H54O4Si4/c1-15-27(7,8)23-19(5)21(25-29(11,12)17-3)22(26-30(13,14)18-4)20(6)24-28(9,10)16-2/h19-22H,15-18H2,1-14H3/t19-,20-,21+,22+/m0/s1. The van der Waals surface area contributed by atoms with Crippen LogP contribution in [-0.2, 0) is 17.7 Å². The first-order valence-electron chi connectivity index (χ1n) is 12.2. The van der Waals surface area contributed by atoms with Crippen LogP contribution >= 0.6 is 0 Å². The van der Waals surface area contributed by atoms with E-state index in [1.807, 2.05) is 0 Å². The van der Waals surface area contributed by atoms with Gasteiger partial charge in [-0.05, 0) is 90.4 Å². The molecule has 4 nitrogen and oxygen atoms in total. The van der Waals surface area contributed by atoms with E-state index in [0.29, 0.717) is 0 Å². The summed E-state index contributed by atoms with van der Waals surface area (Å²) in [4.78, 5) is 0. The molecule has 182 valence electrons. The summed E-state index contributed by atoms with van der Waals surface area (Å²) in [7, 11) is -7.11. The first kappa shape index (κ1) is 30.7. The molecule has 0 aliphatic carbocycles. The molecule has 30 heavy (non-hydrogen) atoms. The van der Waals surface area contributed by atoms with Crippen molar-refractivity contribution in [1.29, 1.82) is 0 Å². The molecule has 0 unspecified atom stereocenters. The maximum atomic E-state index is 6.93. The summed E-state index contributed by atoms with van der Waals surface area (Å²) in [6.45, 7) is 31.8. The van der Waals surface area contributed by atoms with Crippen LogP contribution in [0.4, 0.5) is 0 Å². The summed E-state index contributed by atoms with van der Waals surface area (Å²) in [5.41, 5.74) is 0. The van der Waals surface area contributed by atoms with Crippen LogP contribution in [-0.4, -0.2) is 57.7 Å². The Morgan fingerprint density at radius 1 is 0.433 bits per heavy atom. The molecule has 0 bridgehead atoms. The van der Waals surface area contributed by atoms with E-state index < -0.39 is 33.3 Å². The molecule has 4 atom stereocenters. The highest BCUT2D eigenvalue weighted by atomic mass is 28.4. The predicted octanol–water partition coefficient (Wildman–Crippen LogP) is 7.47. The molecule has 0 heterocycles. The van der Waals surface area contributed by atoms with E-state index in [-0.39, 0.29) is 24.4 Å². The normalized spacial score (nSPS) is 18.2. The fraction of sp³-hybridized carbons (Fsp3) is 1.00. The van der Waals surface area contributed by atoms with Gasteiger partial charge >= 0.3 is 0 Å². The minimum Gasteiger partial charge on any atom is -0.412 e. The van der Waals surface area contributed by atoms with Crippen molar-refractivity contribution in [3.63, 3.8) is 0 Å². The third-order valence-corrected chi connectivity index (χ3v) is 17.2. The Balaban J connectivity index is 6.13. The highest BCUT2D eigenvalue weighted by molar-refractivity contribution is 6.72. The Morgan fingerprint density at radius 3 is 0.833 bits per heavy atom. The third-order valence-electron chi connectivity index (χ3n) is 6.57. The number of hydrogen-bond acceptors (Lipinski definition) is 4. The van der Waals surface area contributed by atoms with Gasteiger partial charge in [-0.25, -0.2) is 0 Å². The molecule has 8 heteroatoms. The smallest absolute Gasteiger partial charge is 0.187 e. The quantitative estimate of drug-likeness (QED) is 0.221. The Hall–Kier alpha value is 0.708. The molecule has 0 amide bonds. The van der Waals surface area contributed by atoms with Gasteiger partial charge in [-0.3, -0.25) is 0 Å². The monoisotopic (exact) mass is 494 g/mol. The van der Waals surface area contributed by atoms with Crippen LogP contribution in [0.3, 0.4) is 0 Å². The number of rotatable bonds is 15. The molecule has 0 spiro atoms. The topological polar surface area (TPSA) is 36.9 Å². The van der Waals surface area contributed by atoms with Gasteiger partial charge in [0, 0.05) is 0 Å². The molecule has 0 aromatic rings. The summed E-state index contributed by atoms with van der Waals surface area (Å²) < 4.78 is 27.3. The SMILES string of the molecule is CC[Si](C)(C)O[C@@H]([C@H](O[Si](C)(C)CC)[C@H](C)O[Si](C)(C)CC)[C@H](C)O[Si](C)(C)CC. The molecule has 0 aliphatic heterocycles. The van der Waals surface area contributed by atoms with Gasteiger partial charge < -0.3 is 17.7 Å². The lowest BCUT2D eigenvalue weighted by atomic mass is 10.1. The molecule has 0 radical (unpaired) electrons. The van der Waals surface area contributed by atoms with E-state index in [4.69, 9.17) is 17.7 Å². The fourth-order valence-electron chi connectivity index (χ4n) is 3.07. The minimum atomic E-state index is -1.82. The largest absolute Gasteiger partial charge is 0.412 e. The van der Waals surface area contributed by atoms with Crippen molar-refractivity contribution in [1.82, 2.24) is 0 Å². The van der Waals surface area contributed by atoms with Crippen molar-refractivity contribution in [3.05, 3.63) is 0 Å². The van der Waals surface area contributed by atoms with Crippen LogP contribution in [0.2, 0.25) is 76.6 Å². The van der Waals surface area contributed by atoms with E-state index in [0.717, 1.165) is 24.2 Å². The van der Waals surface area contributed by atoms with Crippen molar-refractivity contribution in [2.24, 2.45) is 0 Å². The average Bonchev–Trinajstić information content (AvgIpc) is 2.63. The van der Waals surface area contributed by atoms with Gasteiger partial charge in [0.05, 0.1) is 24.4 Å². The van der Waals surface area contributed by atoms with E-state index >= 15 is 0 Å². The Morgan fingerprint density at radius 2 is 0.633 bits per heavy atom. The summed E-state index contributed by atoms with van der Waals surface area (Å²) in [6, 6.07) is 4.36. The van der Waals surface area contributed by atoms with E-state index in [1.54, 1.807) is 0 Å². The van der Waals surface area contributed by atoms with E-state index in [1.165, 1.54) is 0 Å². The molecule has 0 saturated carbocycles. The number of hydrogen-bond donors (Lipinski definition) is 0. The van der Waals surface area contributed by atoms with E-state index in [2.05, 4.69) is 93.9 Å². The van der Waals surface area contributed by atoms with Gasteiger partial charge in [-0.2, -0.15) is 0 Å². The lowest BCUT2D eigenvalue weighted by Gasteiger charge is -2.45. The van der Waals surface area contributed by atoms with Crippen molar-refractivity contribution in [2.45, 2.75) is 143 Å². The average molecular weight is 495 g/mol. The van der Waals surface area contributed by atoms with Gasteiger partial charge in [0.25, 0.3) is 0 Å². The molecule has 0 rings (SSSR count). The Kier molecular flexibility index (Phi) is 12.5. The summed E-state index contributed by atoms with van der Waals surface area (Å²) >= 11 is 0. The second-order valence-electron chi connectivity index (χ2n) is 11.3. The summed E-state index contributed by atoms with van der Waals surface area (Å²) in [5.74, 6) is 0. The zero-order chi connectivity index (χ0) is 24.0. The van der Waals surface area contributed by atoms with Crippen molar-refractivity contribution >= 4 is 33.3 Å². The van der Waals surface area contributed by atoms with Gasteiger partial charge in [0.15, 0.2) is 33.3 Å². The first-order valence-corrected chi connectivity index (χ1v) is 24.6. The molecular formula is C22H54O4Si4. The molecule has 0 fully saturated rings. The Labute approximate surface area is 193 Å². The van der Waals surface area contributed by atoms with Crippen LogP contribution < -0.4 is 0 Å². The highest BCUT2D eigenvalue weighted by Crippen LogP contribution is 2.30. The van der Waals surface area contributed by atoms with Crippen LogP contribution in [0.5, 0.6) is 0 Å². The predicted molar refractivity (Wildman–Crippen MR) is 143 cm³/mol. The van der Waals surface area contributed by atoms with Crippen LogP contribution in [0.1, 0.15) is 41.5 Å². The first-order chi connectivity index (χ1) is 13.4. The van der Waals surface area contributed by atoms with Gasteiger partial charge in [0.2, 0.25) is 0 Å². The van der Waals surface area contributed by atoms with Crippen LogP contribution in [0.25, 0.3) is 0 Å². The van der Waals surface area contributed by atoms with Crippen molar-refractivity contribution in [2.75, 3.05) is 0 Å². The molecule has 0 aromatic carbocycles. The maximum absolute atomic E-state index is 6.93. The fourth-order valence-corrected chi connectivity index (χ4v) is 8.14. The van der Waals surface area contributed by atoms with Gasteiger partial charge in [-0.1, -0.05) is 27.7 Å². The molecule has 0 N–H and O–H groups in total. The van der Waals surface area contributed by atoms with E-state index in [9.17, 15) is 0 Å². The van der Waals surface area contributed by atoms with Crippen molar-refractivity contribution in [3.8, 4) is 0 Å². The second-order valence-corrected chi connectivity index (χ2v) is 29.1. The molecular weight excluding hydrogens is 441 g/mol. The zero-order valence-electron chi connectivity index (χ0n) is 22.8. The third kappa shape index (κ3) is 11.0. The maximum Gasteiger partial charge on any atom is 0.187 e. The zero-order valence-corrected chi connectivity index (χ0v) is 26.8. The lowest BCUT2D eigenvalue weighted by Crippen LogP contribution is -2.57. The van der Waals surface area contributed by atoms with Gasteiger partial charge in [-0.15, -0.1) is 0 Å². The Bertz CT molecular complexity index is 454. The van der Waals surface area contributed by atoms with Crippen LogP contribution in [0.15, 0.2) is 0 Å². The van der Waals surface area contributed by atoms with Crippen molar-refractivity contribution < 1.29 is 17.7 Å². The highest BCUT2D eigenvalue weighted by Gasteiger charge is 2.43. The molecule has 0 aromatic heterocycles. The minimum absolute atomic E-state index is 0.00551. The second kappa shape index (κ2) is 12.2. The lowest BCUT2D eigenvalue weighted by molar-refractivity contribution is -0.0696. The molecule has 0 aliphatic rings.